The number of hydrogen-bond donors (Lipinski definition) is 2. The van der Waals surface area contributed by atoms with E-state index in [2.05, 4.69) is 30.5 Å². The summed E-state index contributed by atoms with van der Waals surface area (Å²) in [6, 6.07) is 8.16. The molecule has 1 fully saturated rings. The Kier molecular flexibility index (Phi) is 5.59. The smallest absolute Gasteiger partial charge is 0.322 e. The molecule has 2 atom stereocenters. The van der Waals surface area contributed by atoms with Crippen molar-refractivity contribution >= 4 is 11.7 Å². The Labute approximate surface area is 126 Å². The van der Waals surface area contributed by atoms with Crippen LogP contribution in [0.3, 0.4) is 0 Å². The summed E-state index contributed by atoms with van der Waals surface area (Å²) in [5, 5.41) is 6.18. The first-order chi connectivity index (χ1) is 10.1. The molecule has 0 aliphatic carbocycles. The maximum Gasteiger partial charge on any atom is 0.322 e. The second kappa shape index (κ2) is 7.43. The van der Waals surface area contributed by atoms with Gasteiger partial charge in [0.25, 0.3) is 0 Å². The topological polar surface area (TPSA) is 53.6 Å². The van der Waals surface area contributed by atoms with Gasteiger partial charge in [-0.2, -0.15) is 0 Å². The molecule has 1 aliphatic rings. The van der Waals surface area contributed by atoms with Crippen LogP contribution in [-0.2, 0) is 4.74 Å². The first-order valence-electron chi connectivity index (χ1n) is 7.58. The fraction of sp³-hybridized carbons (Fsp3) is 0.562. The molecule has 0 saturated carbocycles. The van der Waals surface area contributed by atoms with E-state index in [4.69, 9.17) is 4.74 Å². The van der Waals surface area contributed by atoms with E-state index >= 15 is 0 Å². The number of benzene rings is 1. The molecular weight excluding hydrogens is 266 g/mol. The van der Waals surface area contributed by atoms with Crippen LogP contribution in [0.2, 0.25) is 0 Å². The SMILES string of the molecule is CCC1CN(C(=O)Nc2cccc(C(C)NC)c2)CCO1. The molecule has 1 aromatic rings. The second-order valence-corrected chi connectivity index (χ2v) is 5.41. The lowest BCUT2D eigenvalue weighted by molar-refractivity contribution is -0.0134. The molecule has 2 amide bonds. The number of morpholine rings is 1. The van der Waals surface area contributed by atoms with E-state index in [0.29, 0.717) is 19.7 Å². The minimum Gasteiger partial charge on any atom is -0.375 e. The largest absolute Gasteiger partial charge is 0.375 e. The highest BCUT2D eigenvalue weighted by molar-refractivity contribution is 5.89. The minimum absolute atomic E-state index is 0.0500. The molecule has 0 bridgehead atoms. The van der Waals surface area contributed by atoms with Crippen LogP contribution in [0.25, 0.3) is 0 Å². The van der Waals surface area contributed by atoms with Crippen LogP contribution < -0.4 is 10.6 Å². The molecule has 5 nitrogen and oxygen atoms in total. The van der Waals surface area contributed by atoms with Gasteiger partial charge in [-0.25, -0.2) is 4.79 Å². The summed E-state index contributed by atoms with van der Waals surface area (Å²) < 4.78 is 5.59. The molecule has 1 saturated heterocycles. The molecule has 21 heavy (non-hydrogen) atoms. The van der Waals surface area contributed by atoms with E-state index < -0.39 is 0 Å². The normalized spacial score (nSPS) is 20.1. The van der Waals surface area contributed by atoms with Gasteiger partial charge in [-0.15, -0.1) is 0 Å². The van der Waals surface area contributed by atoms with Gasteiger partial charge in [-0.1, -0.05) is 19.1 Å². The van der Waals surface area contributed by atoms with Crippen molar-refractivity contribution in [3.8, 4) is 0 Å². The highest BCUT2D eigenvalue weighted by Gasteiger charge is 2.23. The fourth-order valence-electron chi connectivity index (χ4n) is 2.41. The molecule has 5 heteroatoms. The van der Waals surface area contributed by atoms with Crippen LogP contribution in [0.15, 0.2) is 24.3 Å². The summed E-state index contributed by atoms with van der Waals surface area (Å²) in [5.41, 5.74) is 1.99. The molecule has 1 heterocycles. The highest BCUT2D eigenvalue weighted by atomic mass is 16.5. The third-order valence-corrected chi connectivity index (χ3v) is 3.95. The molecule has 1 aromatic carbocycles. The van der Waals surface area contributed by atoms with Gasteiger partial charge in [0.2, 0.25) is 0 Å². The maximum atomic E-state index is 12.3. The van der Waals surface area contributed by atoms with E-state index in [9.17, 15) is 4.79 Å². The van der Waals surface area contributed by atoms with E-state index in [-0.39, 0.29) is 18.2 Å². The Balaban J connectivity index is 1.99. The third kappa shape index (κ3) is 4.19. The van der Waals surface area contributed by atoms with Gasteiger partial charge in [0.05, 0.1) is 12.7 Å². The van der Waals surface area contributed by atoms with Crippen LogP contribution >= 0.6 is 0 Å². The second-order valence-electron chi connectivity index (χ2n) is 5.41. The Morgan fingerprint density at radius 3 is 3.05 bits per heavy atom. The number of amides is 2. The number of anilines is 1. The summed E-state index contributed by atoms with van der Waals surface area (Å²) >= 11 is 0. The number of hydrogen-bond acceptors (Lipinski definition) is 3. The number of nitrogens with zero attached hydrogens (tertiary/aromatic N) is 1. The number of nitrogens with one attached hydrogen (secondary N) is 2. The zero-order valence-electron chi connectivity index (χ0n) is 13.1. The van der Waals surface area contributed by atoms with Crippen molar-refractivity contribution in [1.29, 1.82) is 0 Å². The van der Waals surface area contributed by atoms with Gasteiger partial charge in [0.1, 0.15) is 0 Å². The van der Waals surface area contributed by atoms with Crippen molar-refractivity contribution in [1.82, 2.24) is 10.2 Å². The average molecular weight is 291 g/mol. The first-order valence-corrected chi connectivity index (χ1v) is 7.58. The van der Waals surface area contributed by atoms with Crippen LogP contribution in [0, 0.1) is 0 Å². The molecular formula is C16H25N3O2. The number of carbonyl (C=O) groups excluding carboxylic acids is 1. The number of ether oxygens (including phenoxy) is 1. The average Bonchev–Trinajstić information content (AvgIpc) is 2.54. The minimum atomic E-state index is -0.0500. The van der Waals surface area contributed by atoms with Crippen molar-refractivity contribution in [2.45, 2.75) is 32.4 Å². The maximum absolute atomic E-state index is 12.3. The van der Waals surface area contributed by atoms with E-state index in [1.807, 2.05) is 30.1 Å². The van der Waals surface area contributed by atoms with Gasteiger partial charge in [-0.3, -0.25) is 0 Å². The molecule has 2 rings (SSSR count). The molecule has 0 spiro atoms. The van der Waals surface area contributed by atoms with E-state index in [1.54, 1.807) is 0 Å². The Morgan fingerprint density at radius 1 is 1.52 bits per heavy atom. The van der Waals surface area contributed by atoms with Gasteiger partial charge >= 0.3 is 6.03 Å². The summed E-state index contributed by atoms with van der Waals surface area (Å²) in [7, 11) is 1.93. The van der Waals surface area contributed by atoms with Crippen molar-refractivity contribution in [3.63, 3.8) is 0 Å². The van der Waals surface area contributed by atoms with Crippen LogP contribution in [-0.4, -0.2) is 43.8 Å². The molecule has 1 aliphatic heterocycles. The summed E-state index contributed by atoms with van der Waals surface area (Å²) in [6.45, 7) is 6.09. The van der Waals surface area contributed by atoms with Gasteiger partial charge in [0.15, 0.2) is 0 Å². The van der Waals surface area contributed by atoms with Crippen LogP contribution in [0.5, 0.6) is 0 Å². The third-order valence-electron chi connectivity index (χ3n) is 3.95. The van der Waals surface area contributed by atoms with E-state index in [1.165, 1.54) is 0 Å². The molecule has 116 valence electrons. The number of carbonyl (C=O) groups is 1. The molecule has 0 radical (unpaired) electrons. The predicted octanol–water partition coefficient (Wildman–Crippen LogP) is 2.61. The van der Waals surface area contributed by atoms with Crippen molar-refractivity contribution in [2.24, 2.45) is 0 Å². The van der Waals surface area contributed by atoms with Crippen molar-refractivity contribution < 1.29 is 9.53 Å². The Bertz CT molecular complexity index is 478. The van der Waals surface area contributed by atoms with Gasteiger partial charge < -0.3 is 20.3 Å². The zero-order valence-corrected chi connectivity index (χ0v) is 13.1. The summed E-state index contributed by atoms with van der Waals surface area (Å²) in [5.74, 6) is 0. The molecule has 2 unspecified atom stereocenters. The lowest BCUT2D eigenvalue weighted by Gasteiger charge is -2.32. The Hall–Kier alpha value is -1.59. The Morgan fingerprint density at radius 2 is 2.33 bits per heavy atom. The first kappa shape index (κ1) is 15.8. The standard InChI is InChI=1S/C16H25N3O2/c1-4-15-11-19(8-9-21-15)16(20)18-14-7-5-6-13(10-14)12(2)17-3/h5-7,10,12,15,17H,4,8-9,11H2,1-3H3,(H,18,20). The molecule has 0 aromatic heterocycles. The number of urea groups is 1. The zero-order chi connectivity index (χ0) is 15.2. The van der Waals surface area contributed by atoms with Gasteiger partial charge in [-0.05, 0) is 38.1 Å². The van der Waals surface area contributed by atoms with Gasteiger partial charge in [0, 0.05) is 24.8 Å². The van der Waals surface area contributed by atoms with Crippen molar-refractivity contribution in [2.75, 3.05) is 32.1 Å². The quantitative estimate of drug-likeness (QED) is 0.896. The van der Waals surface area contributed by atoms with E-state index in [0.717, 1.165) is 17.7 Å². The summed E-state index contributed by atoms with van der Waals surface area (Å²) in [4.78, 5) is 14.1. The number of rotatable bonds is 4. The summed E-state index contributed by atoms with van der Waals surface area (Å²) in [6.07, 6.45) is 1.08. The monoisotopic (exact) mass is 291 g/mol. The highest BCUT2D eigenvalue weighted by Crippen LogP contribution is 2.18. The van der Waals surface area contributed by atoms with Crippen molar-refractivity contribution in [3.05, 3.63) is 29.8 Å². The lowest BCUT2D eigenvalue weighted by Crippen LogP contribution is -2.47. The molecule has 2 N–H and O–H groups in total. The van der Waals surface area contributed by atoms with Crippen LogP contribution in [0.4, 0.5) is 10.5 Å². The van der Waals surface area contributed by atoms with Crippen LogP contribution in [0.1, 0.15) is 31.9 Å². The predicted molar refractivity (Wildman–Crippen MR) is 84.5 cm³/mol. The fourth-order valence-corrected chi connectivity index (χ4v) is 2.41. The lowest BCUT2D eigenvalue weighted by atomic mass is 10.1.